The van der Waals surface area contributed by atoms with Crippen molar-refractivity contribution >= 4 is 34.0 Å². The molecule has 3 rings (SSSR count). The molecule has 1 N–H and O–H groups in total. The van der Waals surface area contributed by atoms with Crippen LogP contribution >= 0.6 is 23.1 Å². The molecule has 0 aromatic carbocycles. The molecule has 0 aliphatic carbocycles. The standard InChI is InChI=1S/C15H16ClN5OS/c1-10-9-21(4-5-22-10)13-3-2-11(7-18-13)8-19-15-12(6-17)14(16)20-23-15/h2-3,7,10,19H,4-5,8-9H2,1H3/t10-/m1/s1. The summed E-state index contributed by atoms with van der Waals surface area (Å²) in [5.74, 6) is 0.961. The number of nitrogens with one attached hydrogen (secondary N) is 1. The lowest BCUT2D eigenvalue weighted by atomic mass is 10.2. The van der Waals surface area contributed by atoms with E-state index in [9.17, 15) is 0 Å². The predicted molar refractivity (Wildman–Crippen MR) is 91.0 cm³/mol. The van der Waals surface area contributed by atoms with Gasteiger partial charge in [0.1, 0.15) is 22.5 Å². The lowest BCUT2D eigenvalue weighted by molar-refractivity contribution is 0.0529. The average molecular weight is 350 g/mol. The molecule has 3 heterocycles. The van der Waals surface area contributed by atoms with E-state index in [1.54, 1.807) is 0 Å². The number of nitrogens with zero attached hydrogens (tertiary/aromatic N) is 4. The molecule has 0 saturated carbocycles. The van der Waals surface area contributed by atoms with E-state index in [0.29, 0.717) is 17.1 Å². The molecule has 1 atom stereocenters. The Morgan fingerprint density at radius 1 is 1.57 bits per heavy atom. The average Bonchev–Trinajstić information content (AvgIpc) is 2.93. The first kappa shape index (κ1) is 16.0. The van der Waals surface area contributed by atoms with Gasteiger partial charge in [0.25, 0.3) is 0 Å². The summed E-state index contributed by atoms with van der Waals surface area (Å²) in [6.07, 6.45) is 2.07. The van der Waals surface area contributed by atoms with Crippen molar-refractivity contribution in [2.24, 2.45) is 0 Å². The summed E-state index contributed by atoms with van der Waals surface area (Å²) in [5, 5.41) is 13.2. The molecule has 1 aliphatic heterocycles. The molecule has 1 saturated heterocycles. The van der Waals surface area contributed by atoms with Crippen LogP contribution in [-0.2, 0) is 11.3 Å². The van der Waals surface area contributed by atoms with Crippen LogP contribution in [0.3, 0.4) is 0 Å². The lowest BCUT2D eigenvalue weighted by Crippen LogP contribution is -2.41. The van der Waals surface area contributed by atoms with Crippen LogP contribution in [0.2, 0.25) is 5.15 Å². The lowest BCUT2D eigenvalue weighted by Gasteiger charge is -2.32. The molecule has 120 valence electrons. The zero-order valence-electron chi connectivity index (χ0n) is 12.6. The minimum Gasteiger partial charge on any atom is -0.375 e. The number of morpholine rings is 1. The SMILES string of the molecule is C[C@@H]1CN(c2ccc(CNc3snc(Cl)c3C#N)cn2)CCO1. The first-order valence-corrected chi connectivity index (χ1v) is 8.43. The third kappa shape index (κ3) is 3.72. The van der Waals surface area contributed by atoms with Gasteiger partial charge < -0.3 is 15.0 Å². The van der Waals surface area contributed by atoms with Crippen LogP contribution in [0.1, 0.15) is 18.1 Å². The summed E-state index contributed by atoms with van der Waals surface area (Å²) in [5.41, 5.74) is 1.42. The van der Waals surface area contributed by atoms with Gasteiger partial charge in [0.05, 0.1) is 12.7 Å². The van der Waals surface area contributed by atoms with Gasteiger partial charge in [0, 0.05) is 25.8 Å². The molecule has 23 heavy (non-hydrogen) atoms. The quantitative estimate of drug-likeness (QED) is 0.914. The van der Waals surface area contributed by atoms with E-state index in [1.165, 1.54) is 11.5 Å². The fourth-order valence-corrected chi connectivity index (χ4v) is 3.33. The number of aromatic nitrogens is 2. The van der Waals surface area contributed by atoms with Gasteiger partial charge >= 0.3 is 0 Å². The summed E-state index contributed by atoms with van der Waals surface area (Å²) in [6.45, 7) is 5.09. The molecule has 0 bridgehead atoms. The summed E-state index contributed by atoms with van der Waals surface area (Å²) < 4.78 is 9.51. The van der Waals surface area contributed by atoms with Crippen LogP contribution in [0.4, 0.5) is 10.8 Å². The molecule has 2 aromatic heterocycles. The minimum atomic E-state index is 0.229. The molecule has 1 aliphatic rings. The molecular weight excluding hydrogens is 334 g/mol. The number of anilines is 2. The van der Waals surface area contributed by atoms with Gasteiger partial charge in [0.15, 0.2) is 5.15 Å². The number of ether oxygens (including phenoxy) is 1. The van der Waals surface area contributed by atoms with Crippen molar-refractivity contribution in [2.45, 2.75) is 19.6 Å². The number of hydrogen-bond acceptors (Lipinski definition) is 7. The zero-order valence-corrected chi connectivity index (χ0v) is 14.2. The van der Waals surface area contributed by atoms with E-state index < -0.39 is 0 Å². The third-order valence-corrected chi connectivity index (χ3v) is 4.77. The number of hydrogen-bond donors (Lipinski definition) is 1. The Balaban J connectivity index is 1.62. The Labute approximate surface area is 143 Å². The van der Waals surface area contributed by atoms with Gasteiger partial charge in [-0.3, -0.25) is 0 Å². The molecule has 0 spiro atoms. The smallest absolute Gasteiger partial charge is 0.162 e. The number of nitriles is 1. The van der Waals surface area contributed by atoms with Crippen molar-refractivity contribution < 1.29 is 4.74 Å². The van der Waals surface area contributed by atoms with Crippen molar-refractivity contribution in [3.8, 4) is 6.07 Å². The molecule has 2 aromatic rings. The van der Waals surface area contributed by atoms with E-state index >= 15 is 0 Å². The maximum Gasteiger partial charge on any atom is 0.162 e. The van der Waals surface area contributed by atoms with E-state index in [-0.39, 0.29) is 11.3 Å². The Hall–Kier alpha value is -1.88. The van der Waals surface area contributed by atoms with Crippen LogP contribution in [0, 0.1) is 11.3 Å². The highest BCUT2D eigenvalue weighted by atomic mass is 35.5. The number of halogens is 1. The van der Waals surface area contributed by atoms with Gasteiger partial charge in [-0.15, -0.1) is 0 Å². The van der Waals surface area contributed by atoms with Gasteiger partial charge in [-0.25, -0.2) is 4.98 Å². The second-order valence-corrected chi connectivity index (χ2v) is 6.43. The predicted octanol–water partition coefficient (Wildman–Crippen LogP) is 2.90. The molecular formula is C15H16ClN5OS. The van der Waals surface area contributed by atoms with Crippen LogP contribution < -0.4 is 10.2 Å². The van der Waals surface area contributed by atoms with Gasteiger partial charge in [-0.2, -0.15) is 9.64 Å². The normalized spacial score (nSPS) is 17.8. The molecule has 0 unspecified atom stereocenters. The number of pyridine rings is 1. The fourth-order valence-electron chi connectivity index (χ4n) is 2.41. The highest BCUT2D eigenvalue weighted by Crippen LogP contribution is 2.28. The molecule has 0 amide bonds. The summed E-state index contributed by atoms with van der Waals surface area (Å²) in [4.78, 5) is 6.75. The summed E-state index contributed by atoms with van der Waals surface area (Å²) >= 11 is 7.04. The number of rotatable bonds is 4. The molecule has 0 radical (unpaired) electrons. The largest absolute Gasteiger partial charge is 0.375 e. The fraction of sp³-hybridized carbons (Fsp3) is 0.400. The Kier molecular flexibility index (Phi) is 4.96. The maximum absolute atomic E-state index is 9.05. The van der Waals surface area contributed by atoms with Crippen molar-refractivity contribution in [3.63, 3.8) is 0 Å². The second-order valence-electron chi connectivity index (χ2n) is 5.29. The Bertz CT molecular complexity index is 712. The summed E-state index contributed by atoms with van der Waals surface area (Å²) in [6, 6.07) is 6.10. The van der Waals surface area contributed by atoms with Crippen molar-refractivity contribution in [2.75, 3.05) is 29.9 Å². The van der Waals surface area contributed by atoms with Crippen molar-refractivity contribution in [3.05, 3.63) is 34.6 Å². The van der Waals surface area contributed by atoms with E-state index in [2.05, 4.69) is 32.6 Å². The van der Waals surface area contributed by atoms with Crippen LogP contribution in [-0.4, -0.2) is 35.2 Å². The van der Waals surface area contributed by atoms with Crippen LogP contribution in [0.25, 0.3) is 0 Å². The third-order valence-electron chi connectivity index (χ3n) is 3.59. The van der Waals surface area contributed by atoms with Gasteiger partial charge in [-0.1, -0.05) is 17.7 Å². The first-order chi connectivity index (χ1) is 11.2. The molecule has 8 heteroatoms. The van der Waals surface area contributed by atoms with Crippen LogP contribution in [0.15, 0.2) is 18.3 Å². The molecule has 1 fully saturated rings. The monoisotopic (exact) mass is 349 g/mol. The zero-order chi connectivity index (χ0) is 16.2. The highest BCUT2D eigenvalue weighted by molar-refractivity contribution is 7.10. The second kappa shape index (κ2) is 7.13. The summed E-state index contributed by atoms with van der Waals surface area (Å²) in [7, 11) is 0. The molecule has 6 nitrogen and oxygen atoms in total. The first-order valence-electron chi connectivity index (χ1n) is 7.28. The Morgan fingerprint density at radius 2 is 2.43 bits per heavy atom. The van der Waals surface area contributed by atoms with E-state index in [4.69, 9.17) is 21.6 Å². The highest BCUT2D eigenvalue weighted by Gasteiger charge is 2.17. The maximum atomic E-state index is 9.05. The topological polar surface area (TPSA) is 74.1 Å². The van der Waals surface area contributed by atoms with Crippen molar-refractivity contribution in [1.29, 1.82) is 5.26 Å². The van der Waals surface area contributed by atoms with E-state index in [0.717, 1.165) is 31.1 Å². The van der Waals surface area contributed by atoms with Crippen LogP contribution in [0.5, 0.6) is 0 Å². The Morgan fingerprint density at radius 3 is 3.13 bits per heavy atom. The van der Waals surface area contributed by atoms with E-state index in [1.807, 2.05) is 18.3 Å². The van der Waals surface area contributed by atoms with Gasteiger partial charge in [-0.05, 0) is 30.1 Å². The van der Waals surface area contributed by atoms with Gasteiger partial charge in [0.2, 0.25) is 0 Å². The minimum absolute atomic E-state index is 0.229. The van der Waals surface area contributed by atoms with Crippen molar-refractivity contribution in [1.82, 2.24) is 9.36 Å².